The molecule has 1 saturated heterocycles. The molecule has 0 spiro atoms. The highest BCUT2D eigenvalue weighted by Crippen LogP contribution is 2.25. The summed E-state index contributed by atoms with van der Waals surface area (Å²) in [6.07, 6.45) is 9.17. The lowest BCUT2D eigenvalue weighted by molar-refractivity contribution is 0.0704. The molecule has 2 aromatic heterocycles. The van der Waals surface area contributed by atoms with Crippen molar-refractivity contribution in [3.05, 3.63) is 72.1 Å². The summed E-state index contributed by atoms with van der Waals surface area (Å²) in [6.45, 7) is 2.17. The fourth-order valence-corrected chi connectivity index (χ4v) is 3.40. The van der Waals surface area contributed by atoms with Crippen molar-refractivity contribution in [1.82, 2.24) is 24.6 Å². The van der Waals surface area contributed by atoms with Crippen molar-refractivity contribution in [3.8, 4) is 0 Å². The number of imidazole rings is 1. The number of H-pyrrole nitrogens is 1. The first-order chi connectivity index (χ1) is 12.3. The van der Waals surface area contributed by atoms with E-state index in [1.807, 2.05) is 40.2 Å². The number of nitrogens with zero attached hydrogens (tertiary/aromatic N) is 4. The van der Waals surface area contributed by atoms with Crippen LogP contribution in [-0.2, 0) is 6.54 Å². The summed E-state index contributed by atoms with van der Waals surface area (Å²) in [7, 11) is 0. The monoisotopic (exact) mass is 335 g/mol. The number of carbonyl (C=O) groups excluding carboxylic acids is 1. The Morgan fingerprint density at radius 3 is 2.96 bits per heavy atom. The molecule has 1 amide bonds. The third-order valence-corrected chi connectivity index (χ3v) is 4.68. The van der Waals surface area contributed by atoms with Gasteiger partial charge in [0.05, 0.1) is 18.3 Å². The zero-order valence-corrected chi connectivity index (χ0v) is 14.0. The summed E-state index contributed by atoms with van der Waals surface area (Å²) >= 11 is 0. The molecule has 3 heterocycles. The molecule has 1 fully saturated rings. The molecule has 1 N–H and O–H groups in total. The van der Waals surface area contributed by atoms with Crippen LogP contribution in [0.1, 0.15) is 40.5 Å². The van der Waals surface area contributed by atoms with Crippen molar-refractivity contribution in [2.75, 3.05) is 13.1 Å². The maximum Gasteiger partial charge on any atom is 0.257 e. The number of amides is 1. The third-order valence-electron chi connectivity index (χ3n) is 4.68. The normalized spacial score (nSPS) is 17.6. The lowest BCUT2D eigenvalue weighted by atomic mass is 9.97. The third kappa shape index (κ3) is 3.47. The number of hydrogen-bond acceptors (Lipinski definition) is 3. The molecule has 6 nitrogen and oxygen atoms in total. The zero-order valence-electron chi connectivity index (χ0n) is 14.0. The molecule has 1 atom stereocenters. The lowest BCUT2D eigenvalue weighted by Crippen LogP contribution is -2.39. The quantitative estimate of drug-likeness (QED) is 0.797. The first-order valence-corrected chi connectivity index (χ1v) is 8.64. The highest BCUT2D eigenvalue weighted by molar-refractivity contribution is 5.93. The number of nitrogens with one attached hydrogen (secondary N) is 1. The summed E-state index contributed by atoms with van der Waals surface area (Å²) in [6, 6.07) is 10.1. The Morgan fingerprint density at radius 1 is 1.28 bits per heavy atom. The zero-order chi connectivity index (χ0) is 17.1. The molecule has 1 unspecified atom stereocenters. The molecule has 0 saturated carbocycles. The van der Waals surface area contributed by atoms with Gasteiger partial charge < -0.3 is 9.88 Å². The summed E-state index contributed by atoms with van der Waals surface area (Å²) in [4.78, 5) is 22.3. The van der Waals surface area contributed by atoms with E-state index in [0.717, 1.165) is 25.2 Å². The minimum absolute atomic E-state index is 0.0515. The van der Waals surface area contributed by atoms with Crippen LogP contribution in [0.3, 0.4) is 0 Å². The summed E-state index contributed by atoms with van der Waals surface area (Å²) in [5.41, 5.74) is 1.82. The first kappa shape index (κ1) is 15.6. The van der Waals surface area contributed by atoms with E-state index in [1.54, 1.807) is 12.4 Å². The van der Waals surface area contributed by atoms with Gasteiger partial charge in [0.15, 0.2) is 0 Å². The smallest absolute Gasteiger partial charge is 0.257 e. The first-order valence-electron chi connectivity index (χ1n) is 8.64. The van der Waals surface area contributed by atoms with Crippen molar-refractivity contribution in [2.45, 2.75) is 25.3 Å². The standard InChI is InChI=1S/C19H21N5O/c25-19(23-10-4-7-16(13-23)18-20-8-9-21-18)17-11-22-24(14-17)12-15-5-2-1-3-6-15/h1-3,5-6,8-9,11,14,16H,4,7,10,12-13H2,(H,20,21). The van der Waals surface area contributed by atoms with E-state index in [-0.39, 0.29) is 11.8 Å². The van der Waals surface area contributed by atoms with Gasteiger partial charge in [0.1, 0.15) is 5.82 Å². The molecule has 1 aliphatic rings. The molecule has 128 valence electrons. The summed E-state index contributed by atoms with van der Waals surface area (Å²) in [5.74, 6) is 1.31. The van der Waals surface area contributed by atoms with Crippen molar-refractivity contribution < 1.29 is 4.79 Å². The van der Waals surface area contributed by atoms with Crippen LogP contribution in [0.25, 0.3) is 0 Å². The van der Waals surface area contributed by atoms with Gasteiger partial charge in [-0.05, 0) is 18.4 Å². The average Bonchev–Trinajstić information content (AvgIpc) is 3.34. The topological polar surface area (TPSA) is 66.8 Å². The second-order valence-corrected chi connectivity index (χ2v) is 6.48. The molecule has 6 heteroatoms. The van der Waals surface area contributed by atoms with Crippen LogP contribution in [0.5, 0.6) is 0 Å². The van der Waals surface area contributed by atoms with Gasteiger partial charge in [-0.15, -0.1) is 0 Å². The average molecular weight is 335 g/mol. The Hall–Kier alpha value is -2.89. The number of carbonyl (C=O) groups is 1. The van der Waals surface area contributed by atoms with E-state index < -0.39 is 0 Å². The second kappa shape index (κ2) is 6.93. The van der Waals surface area contributed by atoms with Gasteiger partial charge in [0, 0.05) is 37.6 Å². The molecule has 1 aliphatic heterocycles. The summed E-state index contributed by atoms with van der Waals surface area (Å²) in [5, 5.41) is 4.35. The number of aromatic nitrogens is 4. The van der Waals surface area contributed by atoms with Crippen molar-refractivity contribution in [3.63, 3.8) is 0 Å². The Labute approximate surface area is 146 Å². The number of piperidine rings is 1. The molecule has 1 aromatic carbocycles. The SMILES string of the molecule is O=C(c1cnn(Cc2ccccc2)c1)N1CCCC(c2ncc[nH]2)C1. The van der Waals surface area contributed by atoms with Crippen LogP contribution < -0.4 is 0 Å². The Morgan fingerprint density at radius 2 is 2.16 bits per heavy atom. The molecular formula is C19H21N5O. The van der Waals surface area contributed by atoms with Crippen LogP contribution in [-0.4, -0.2) is 43.6 Å². The highest BCUT2D eigenvalue weighted by atomic mass is 16.2. The van der Waals surface area contributed by atoms with Crippen molar-refractivity contribution in [1.29, 1.82) is 0 Å². The second-order valence-electron chi connectivity index (χ2n) is 6.48. The van der Waals surface area contributed by atoms with Crippen molar-refractivity contribution in [2.24, 2.45) is 0 Å². The van der Waals surface area contributed by atoms with E-state index >= 15 is 0 Å². The van der Waals surface area contributed by atoms with Gasteiger partial charge in [-0.25, -0.2) is 4.98 Å². The number of benzene rings is 1. The van der Waals surface area contributed by atoms with E-state index in [1.165, 1.54) is 5.56 Å². The van der Waals surface area contributed by atoms with Gasteiger partial charge in [0.25, 0.3) is 5.91 Å². The number of likely N-dealkylation sites (tertiary alicyclic amines) is 1. The Bertz CT molecular complexity index is 825. The Kier molecular flexibility index (Phi) is 4.33. The van der Waals surface area contributed by atoms with Gasteiger partial charge in [0.2, 0.25) is 0 Å². The van der Waals surface area contributed by atoms with Crippen LogP contribution in [0, 0.1) is 0 Å². The molecule has 0 bridgehead atoms. The highest BCUT2D eigenvalue weighted by Gasteiger charge is 2.27. The van der Waals surface area contributed by atoms with E-state index in [9.17, 15) is 4.79 Å². The minimum atomic E-state index is 0.0515. The van der Waals surface area contributed by atoms with Gasteiger partial charge in [-0.1, -0.05) is 30.3 Å². The van der Waals surface area contributed by atoms with Crippen LogP contribution >= 0.6 is 0 Å². The molecule has 0 aliphatic carbocycles. The van der Waals surface area contributed by atoms with Crippen LogP contribution in [0.15, 0.2) is 55.1 Å². The fraction of sp³-hybridized carbons (Fsp3) is 0.316. The van der Waals surface area contributed by atoms with Crippen LogP contribution in [0.2, 0.25) is 0 Å². The fourth-order valence-electron chi connectivity index (χ4n) is 3.40. The van der Waals surface area contributed by atoms with E-state index in [2.05, 4.69) is 27.2 Å². The van der Waals surface area contributed by atoms with Gasteiger partial charge in [-0.3, -0.25) is 9.48 Å². The maximum atomic E-state index is 12.8. The predicted molar refractivity (Wildman–Crippen MR) is 94.2 cm³/mol. The predicted octanol–water partition coefficient (Wildman–Crippen LogP) is 2.67. The Balaban J connectivity index is 1.44. The molecule has 25 heavy (non-hydrogen) atoms. The minimum Gasteiger partial charge on any atom is -0.348 e. The maximum absolute atomic E-state index is 12.8. The van der Waals surface area contributed by atoms with E-state index in [0.29, 0.717) is 18.7 Å². The molecule has 4 rings (SSSR count). The number of hydrogen-bond donors (Lipinski definition) is 1. The summed E-state index contributed by atoms with van der Waals surface area (Å²) < 4.78 is 1.82. The molecule has 3 aromatic rings. The number of aromatic amines is 1. The van der Waals surface area contributed by atoms with Gasteiger partial charge >= 0.3 is 0 Å². The lowest BCUT2D eigenvalue weighted by Gasteiger charge is -2.31. The largest absolute Gasteiger partial charge is 0.348 e. The molecule has 0 radical (unpaired) electrons. The van der Waals surface area contributed by atoms with Gasteiger partial charge in [-0.2, -0.15) is 5.10 Å². The van der Waals surface area contributed by atoms with E-state index in [4.69, 9.17) is 0 Å². The number of rotatable bonds is 4. The van der Waals surface area contributed by atoms with Crippen molar-refractivity contribution >= 4 is 5.91 Å². The molecular weight excluding hydrogens is 314 g/mol. The van der Waals surface area contributed by atoms with Crippen LogP contribution in [0.4, 0.5) is 0 Å².